The number of aromatic nitrogens is 2. The molecule has 1 fully saturated rings. The molecular formula is C14H25N3O3S. The molecule has 0 amide bonds. The predicted octanol–water partition coefficient (Wildman–Crippen LogP) is 1.30. The van der Waals surface area contributed by atoms with E-state index in [1.165, 1.54) is 0 Å². The Morgan fingerprint density at radius 3 is 2.67 bits per heavy atom. The van der Waals surface area contributed by atoms with E-state index in [0.717, 1.165) is 19.3 Å². The lowest BCUT2D eigenvalue weighted by Gasteiger charge is -2.20. The molecule has 6 nitrogen and oxygen atoms in total. The van der Waals surface area contributed by atoms with Crippen molar-refractivity contribution < 1.29 is 13.5 Å². The number of aliphatic hydroxyl groups is 1. The van der Waals surface area contributed by atoms with Crippen molar-refractivity contribution in [2.45, 2.75) is 51.5 Å². The zero-order chi connectivity index (χ0) is 15.6. The van der Waals surface area contributed by atoms with Crippen LogP contribution in [-0.4, -0.2) is 47.3 Å². The van der Waals surface area contributed by atoms with Crippen LogP contribution in [-0.2, 0) is 16.6 Å². The van der Waals surface area contributed by atoms with Gasteiger partial charge in [-0.3, -0.25) is 4.68 Å². The number of aliphatic hydroxyl groups excluding tert-OH is 1. The topological polar surface area (TPSA) is 75.4 Å². The van der Waals surface area contributed by atoms with Gasteiger partial charge in [0.15, 0.2) is 0 Å². The first kappa shape index (κ1) is 16.5. The molecule has 1 aromatic rings. The Morgan fingerprint density at radius 2 is 2.00 bits per heavy atom. The summed E-state index contributed by atoms with van der Waals surface area (Å²) >= 11 is 0. The molecule has 1 aliphatic heterocycles. The maximum Gasteiger partial charge on any atom is 0.246 e. The number of hydrogen-bond donors (Lipinski definition) is 1. The number of sulfonamides is 1. The third kappa shape index (κ3) is 3.30. The van der Waals surface area contributed by atoms with E-state index in [1.54, 1.807) is 22.8 Å². The van der Waals surface area contributed by atoms with Crippen LogP contribution in [0.15, 0.2) is 4.90 Å². The Hall–Kier alpha value is -0.920. The van der Waals surface area contributed by atoms with Crippen molar-refractivity contribution in [3.8, 4) is 0 Å². The average Bonchev–Trinajstić information content (AvgIpc) is 2.59. The van der Waals surface area contributed by atoms with Crippen molar-refractivity contribution in [2.24, 2.45) is 5.92 Å². The molecule has 1 unspecified atom stereocenters. The highest BCUT2D eigenvalue weighted by Crippen LogP contribution is 2.27. The zero-order valence-electron chi connectivity index (χ0n) is 13.0. The Labute approximate surface area is 126 Å². The van der Waals surface area contributed by atoms with E-state index in [0.29, 0.717) is 41.8 Å². The standard InChI is InChI=1S/C14H25N3O3S/c1-11-5-4-7-16(8-6-11)21(19,20)14-12(2)15-17(9-10-18)13(14)3/h11,18H,4-10H2,1-3H3. The monoisotopic (exact) mass is 315 g/mol. The molecule has 0 bridgehead atoms. The molecule has 1 saturated heterocycles. The van der Waals surface area contributed by atoms with E-state index in [4.69, 9.17) is 5.11 Å². The van der Waals surface area contributed by atoms with Gasteiger partial charge in [-0.25, -0.2) is 8.42 Å². The van der Waals surface area contributed by atoms with Crippen LogP contribution >= 0.6 is 0 Å². The second kappa shape index (κ2) is 6.46. The van der Waals surface area contributed by atoms with Crippen LogP contribution in [0.4, 0.5) is 0 Å². The third-order valence-corrected chi connectivity index (χ3v) is 6.35. The summed E-state index contributed by atoms with van der Waals surface area (Å²) in [6.07, 6.45) is 2.89. The molecule has 0 aliphatic carbocycles. The van der Waals surface area contributed by atoms with Crippen LogP contribution in [0.1, 0.15) is 37.6 Å². The van der Waals surface area contributed by atoms with Gasteiger partial charge in [0.1, 0.15) is 4.90 Å². The molecule has 2 heterocycles. The molecule has 1 N–H and O–H groups in total. The van der Waals surface area contributed by atoms with Crippen molar-refractivity contribution in [2.75, 3.05) is 19.7 Å². The summed E-state index contributed by atoms with van der Waals surface area (Å²) in [6.45, 7) is 7.06. The molecule has 120 valence electrons. The molecule has 7 heteroatoms. The first-order chi connectivity index (χ1) is 9.87. The number of hydrogen-bond acceptors (Lipinski definition) is 4. The van der Waals surface area contributed by atoms with Gasteiger partial charge in [-0.05, 0) is 39.0 Å². The molecule has 21 heavy (non-hydrogen) atoms. The minimum atomic E-state index is -3.50. The van der Waals surface area contributed by atoms with Gasteiger partial charge in [0.05, 0.1) is 24.5 Å². The SMILES string of the molecule is Cc1nn(CCO)c(C)c1S(=O)(=O)N1CCCC(C)CC1. The van der Waals surface area contributed by atoms with Gasteiger partial charge in [-0.15, -0.1) is 0 Å². The van der Waals surface area contributed by atoms with Gasteiger partial charge >= 0.3 is 0 Å². The van der Waals surface area contributed by atoms with E-state index in [2.05, 4.69) is 12.0 Å². The summed E-state index contributed by atoms with van der Waals surface area (Å²) in [5.74, 6) is 0.574. The molecule has 0 spiro atoms. The van der Waals surface area contributed by atoms with Crippen molar-refractivity contribution in [1.82, 2.24) is 14.1 Å². The Kier molecular flexibility index (Phi) is 5.06. The summed E-state index contributed by atoms with van der Waals surface area (Å²) < 4.78 is 29.0. The second-order valence-corrected chi connectivity index (χ2v) is 7.76. The van der Waals surface area contributed by atoms with E-state index in [-0.39, 0.29) is 6.61 Å². The second-order valence-electron chi connectivity index (χ2n) is 5.89. The summed E-state index contributed by atoms with van der Waals surface area (Å²) in [7, 11) is -3.50. The molecule has 2 rings (SSSR count). The molecule has 0 aromatic carbocycles. The van der Waals surface area contributed by atoms with Gasteiger partial charge in [0.25, 0.3) is 0 Å². The number of aryl methyl sites for hydroxylation is 1. The highest BCUT2D eigenvalue weighted by atomic mass is 32.2. The van der Waals surface area contributed by atoms with Crippen LogP contribution < -0.4 is 0 Å². The fourth-order valence-corrected chi connectivity index (χ4v) is 4.84. The lowest BCUT2D eigenvalue weighted by Crippen LogP contribution is -2.32. The highest BCUT2D eigenvalue weighted by molar-refractivity contribution is 7.89. The van der Waals surface area contributed by atoms with Gasteiger partial charge in [-0.2, -0.15) is 9.40 Å². The fourth-order valence-electron chi connectivity index (χ4n) is 2.97. The zero-order valence-corrected chi connectivity index (χ0v) is 13.9. The van der Waals surface area contributed by atoms with Crippen molar-refractivity contribution in [1.29, 1.82) is 0 Å². The highest BCUT2D eigenvalue weighted by Gasteiger charge is 2.31. The Morgan fingerprint density at radius 1 is 1.29 bits per heavy atom. The minimum Gasteiger partial charge on any atom is -0.394 e. The Balaban J connectivity index is 2.35. The van der Waals surface area contributed by atoms with Crippen LogP contribution in [0, 0.1) is 19.8 Å². The summed E-state index contributed by atoms with van der Waals surface area (Å²) in [5.41, 5.74) is 1.12. The van der Waals surface area contributed by atoms with Crippen LogP contribution in [0.2, 0.25) is 0 Å². The first-order valence-corrected chi connectivity index (χ1v) is 8.97. The van der Waals surface area contributed by atoms with Gasteiger partial charge < -0.3 is 5.11 Å². The van der Waals surface area contributed by atoms with Crippen molar-refractivity contribution in [3.63, 3.8) is 0 Å². The quantitative estimate of drug-likeness (QED) is 0.909. The van der Waals surface area contributed by atoms with Crippen molar-refractivity contribution >= 4 is 10.0 Å². The van der Waals surface area contributed by atoms with Crippen LogP contribution in [0.3, 0.4) is 0 Å². The molecule has 1 aliphatic rings. The van der Waals surface area contributed by atoms with Gasteiger partial charge in [-0.1, -0.05) is 6.92 Å². The van der Waals surface area contributed by atoms with Crippen LogP contribution in [0.5, 0.6) is 0 Å². The first-order valence-electron chi connectivity index (χ1n) is 7.53. The third-order valence-electron chi connectivity index (χ3n) is 4.20. The molecule has 1 atom stereocenters. The lowest BCUT2D eigenvalue weighted by atomic mass is 10.0. The minimum absolute atomic E-state index is 0.0529. The fraction of sp³-hybridized carbons (Fsp3) is 0.786. The maximum atomic E-state index is 12.9. The lowest BCUT2D eigenvalue weighted by molar-refractivity contribution is 0.267. The number of rotatable bonds is 4. The Bertz CT molecular complexity index is 595. The van der Waals surface area contributed by atoms with E-state index < -0.39 is 10.0 Å². The molecule has 1 aromatic heterocycles. The maximum absolute atomic E-state index is 12.9. The van der Waals surface area contributed by atoms with E-state index in [9.17, 15) is 8.42 Å². The van der Waals surface area contributed by atoms with E-state index in [1.807, 2.05) is 0 Å². The molecule has 0 radical (unpaired) electrons. The average molecular weight is 315 g/mol. The normalized spacial score (nSPS) is 21.4. The summed E-state index contributed by atoms with van der Waals surface area (Å²) in [5, 5.41) is 13.3. The summed E-state index contributed by atoms with van der Waals surface area (Å²) in [6, 6.07) is 0. The molecular weight excluding hydrogens is 290 g/mol. The number of nitrogens with zero attached hydrogens (tertiary/aromatic N) is 3. The molecule has 0 saturated carbocycles. The summed E-state index contributed by atoms with van der Waals surface area (Å²) in [4.78, 5) is 0.311. The largest absolute Gasteiger partial charge is 0.394 e. The van der Waals surface area contributed by atoms with E-state index >= 15 is 0 Å². The predicted molar refractivity (Wildman–Crippen MR) is 80.6 cm³/mol. The van der Waals surface area contributed by atoms with Crippen molar-refractivity contribution in [3.05, 3.63) is 11.4 Å². The van der Waals surface area contributed by atoms with Crippen LogP contribution in [0.25, 0.3) is 0 Å². The smallest absolute Gasteiger partial charge is 0.246 e. The van der Waals surface area contributed by atoms with Gasteiger partial charge in [0, 0.05) is 13.1 Å². The van der Waals surface area contributed by atoms with Gasteiger partial charge in [0.2, 0.25) is 10.0 Å².